The second kappa shape index (κ2) is 4.27. The molecule has 0 spiro atoms. The van der Waals surface area contributed by atoms with E-state index in [-0.39, 0.29) is 0 Å². The first-order chi connectivity index (χ1) is 5.40. The van der Waals surface area contributed by atoms with E-state index in [1.807, 2.05) is 0 Å². The number of urea groups is 1. The maximum absolute atomic E-state index is 11.0. The quantitative estimate of drug-likeness (QED) is 0.613. The van der Waals surface area contributed by atoms with Gasteiger partial charge in [0, 0.05) is 20.6 Å². The van der Waals surface area contributed by atoms with Crippen molar-refractivity contribution in [3.8, 4) is 0 Å². The summed E-state index contributed by atoms with van der Waals surface area (Å²) in [4.78, 5) is 10.7. The van der Waals surface area contributed by atoms with Crippen molar-refractivity contribution < 1.29 is 13.2 Å². The summed E-state index contributed by atoms with van der Waals surface area (Å²) < 4.78 is 24.7. The largest absolute Gasteiger partial charge is 0.338 e. The lowest BCUT2D eigenvalue weighted by Crippen LogP contribution is -2.44. The van der Waals surface area contributed by atoms with Crippen LogP contribution < -0.4 is 10.0 Å². The number of nitrogens with zero attached hydrogens (tertiary/aromatic N) is 1. The molecule has 72 valence electrons. The highest BCUT2D eigenvalue weighted by Gasteiger charge is 2.15. The second-order valence-electron chi connectivity index (χ2n) is 2.25. The van der Waals surface area contributed by atoms with E-state index in [0.717, 1.165) is 4.31 Å². The molecule has 0 rings (SSSR count). The minimum atomic E-state index is -3.65. The normalized spacial score (nSPS) is 11.3. The van der Waals surface area contributed by atoms with Crippen LogP contribution in [0.25, 0.3) is 0 Å². The lowest BCUT2D eigenvalue weighted by Gasteiger charge is -2.11. The molecule has 0 saturated carbocycles. The standard InChI is InChI=1S/C5H13N3O3S/c1-4-6-5(9)7-12(10,11)8(2)3/h4H2,1-3H3,(H2,6,7,9). The van der Waals surface area contributed by atoms with Crippen molar-refractivity contribution in [1.29, 1.82) is 0 Å². The van der Waals surface area contributed by atoms with Gasteiger partial charge < -0.3 is 5.32 Å². The number of hydrogen-bond donors (Lipinski definition) is 2. The van der Waals surface area contributed by atoms with Gasteiger partial charge in [-0.2, -0.15) is 12.7 Å². The highest BCUT2D eigenvalue weighted by molar-refractivity contribution is 7.87. The van der Waals surface area contributed by atoms with Crippen LogP contribution in [-0.4, -0.2) is 39.4 Å². The zero-order valence-corrected chi connectivity index (χ0v) is 8.10. The fourth-order valence-electron chi connectivity index (χ4n) is 0.405. The molecule has 2 amide bonds. The zero-order chi connectivity index (χ0) is 9.78. The topological polar surface area (TPSA) is 78.5 Å². The van der Waals surface area contributed by atoms with Crippen molar-refractivity contribution in [2.45, 2.75) is 6.92 Å². The van der Waals surface area contributed by atoms with Gasteiger partial charge in [0.1, 0.15) is 0 Å². The summed E-state index contributed by atoms with van der Waals surface area (Å²) in [5.74, 6) is 0. The predicted octanol–water partition coefficient (Wildman–Crippen LogP) is -0.888. The molecule has 0 aromatic carbocycles. The van der Waals surface area contributed by atoms with E-state index in [4.69, 9.17) is 0 Å². The van der Waals surface area contributed by atoms with E-state index in [9.17, 15) is 13.2 Å². The zero-order valence-electron chi connectivity index (χ0n) is 7.29. The molecule has 0 aromatic rings. The van der Waals surface area contributed by atoms with Gasteiger partial charge in [0.15, 0.2) is 0 Å². The highest BCUT2D eigenvalue weighted by Crippen LogP contribution is 1.86. The first-order valence-electron chi connectivity index (χ1n) is 3.38. The Morgan fingerprint density at radius 1 is 1.42 bits per heavy atom. The molecule has 0 aliphatic rings. The maximum Gasteiger partial charge on any atom is 0.329 e. The third kappa shape index (κ3) is 3.54. The molecule has 0 radical (unpaired) electrons. The molecule has 6 nitrogen and oxygen atoms in total. The molecular weight excluding hydrogens is 182 g/mol. The molecule has 0 aliphatic carbocycles. The molecule has 0 aromatic heterocycles. The molecule has 0 bridgehead atoms. The third-order valence-electron chi connectivity index (χ3n) is 1.04. The number of carbonyl (C=O) groups is 1. The van der Waals surface area contributed by atoms with Crippen LogP contribution in [0.1, 0.15) is 6.92 Å². The molecule has 12 heavy (non-hydrogen) atoms. The van der Waals surface area contributed by atoms with Crippen LogP contribution in [0, 0.1) is 0 Å². The van der Waals surface area contributed by atoms with Crippen LogP contribution in [-0.2, 0) is 10.2 Å². The number of rotatable bonds is 3. The van der Waals surface area contributed by atoms with E-state index < -0.39 is 16.2 Å². The number of amides is 2. The average molecular weight is 195 g/mol. The van der Waals surface area contributed by atoms with Crippen LogP contribution in [0.5, 0.6) is 0 Å². The smallest absolute Gasteiger partial charge is 0.329 e. The summed E-state index contributed by atoms with van der Waals surface area (Å²) in [7, 11) is -0.979. The summed E-state index contributed by atoms with van der Waals surface area (Å²) in [6, 6.07) is -0.716. The Kier molecular flexibility index (Phi) is 3.98. The van der Waals surface area contributed by atoms with E-state index in [2.05, 4.69) is 5.32 Å². The second-order valence-corrected chi connectivity index (χ2v) is 4.13. The molecule has 0 aliphatic heterocycles. The Labute approximate surface area is 72.1 Å². The van der Waals surface area contributed by atoms with Crippen LogP contribution in [0.3, 0.4) is 0 Å². The van der Waals surface area contributed by atoms with Crippen molar-refractivity contribution >= 4 is 16.2 Å². The monoisotopic (exact) mass is 195 g/mol. The fourth-order valence-corrected chi connectivity index (χ4v) is 0.894. The Balaban J connectivity index is 4.17. The Morgan fingerprint density at radius 2 is 1.92 bits per heavy atom. The van der Waals surface area contributed by atoms with Crippen molar-refractivity contribution in [2.24, 2.45) is 0 Å². The number of nitrogens with one attached hydrogen (secondary N) is 2. The predicted molar refractivity (Wildman–Crippen MR) is 44.8 cm³/mol. The number of carbonyl (C=O) groups excluding carboxylic acids is 1. The average Bonchev–Trinajstić information content (AvgIpc) is 1.85. The van der Waals surface area contributed by atoms with Gasteiger partial charge in [-0.15, -0.1) is 0 Å². The van der Waals surface area contributed by atoms with Crippen LogP contribution in [0.15, 0.2) is 0 Å². The van der Waals surface area contributed by atoms with Crippen LogP contribution >= 0.6 is 0 Å². The molecule has 2 N–H and O–H groups in total. The van der Waals surface area contributed by atoms with Crippen molar-refractivity contribution in [3.63, 3.8) is 0 Å². The van der Waals surface area contributed by atoms with Crippen molar-refractivity contribution in [2.75, 3.05) is 20.6 Å². The molecule has 0 heterocycles. The highest BCUT2D eigenvalue weighted by atomic mass is 32.2. The van der Waals surface area contributed by atoms with Gasteiger partial charge >= 0.3 is 16.2 Å². The summed E-state index contributed by atoms with van der Waals surface area (Å²) in [5.41, 5.74) is 0. The molecule has 7 heteroatoms. The maximum atomic E-state index is 11.0. The van der Waals surface area contributed by atoms with E-state index in [0.29, 0.717) is 6.54 Å². The van der Waals surface area contributed by atoms with Crippen LogP contribution in [0.2, 0.25) is 0 Å². The minimum absolute atomic E-state index is 0.384. The summed E-state index contributed by atoms with van der Waals surface area (Å²) in [6.45, 7) is 2.08. The first-order valence-corrected chi connectivity index (χ1v) is 4.82. The van der Waals surface area contributed by atoms with Gasteiger partial charge in [-0.3, -0.25) is 0 Å². The van der Waals surface area contributed by atoms with Gasteiger partial charge in [0.2, 0.25) is 0 Å². The molecular formula is C5H13N3O3S. The van der Waals surface area contributed by atoms with Crippen molar-refractivity contribution in [3.05, 3.63) is 0 Å². The lowest BCUT2D eigenvalue weighted by molar-refractivity contribution is 0.246. The Hall–Kier alpha value is -0.820. The summed E-state index contributed by atoms with van der Waals surface area (Å²) in [6.07, 6.45) is 0. The minimum Gasteiger partial charge on any atom is -0.338 e. The van der Waals surface area contributed by atoms with Gasteiger partial charge in [-0.25, -0.2) is 9.52 Å². The summed E-state index contributed by atoms with van der Waals surface area (Å²) >= 11 is 0. The van der Waals surface area contributed by atoms with Gasteiger partial charge in [-0.1, -0.05) is 0 Å². The van der Waals surface area contributed by atoms with E-state index >= 15 is 0 Å². The van der Waals surface area contributed by atoms with Gasteiger partial charge in [-0.05, 0) is 6.92 Å². The molecule has 0 saturated heterocycles. The lowest BCUT2D eigenvalue weighted by atomic mass is 10.7. The summed E-state index contributed by atoms with van der Waals surface area (Å²) in [5, 5.41) is 2.30. The molecule has 0 fully saturated rings. The van der Waals surface area contributed by atoms with Crippen molar-refractivity contribution in [1.82, 2.24) is 14.3 Å². The Bertz CT molecular complexity index is 247. The SMILES string of the molecule is CCNC(=O)NS(=O)(=O)N(C)C. The fraction of sp³-hybridized carbons (Fsp3) is 0.800. The Morgan fingerprint density at radius 3 is 2.25 bits per heavy atom. The molecule has 0 unspecified atom stereocenters. The van der Waals surface area contributed by atoms with Gasteiger partial charge in [0.05, 0.1) is 0 Å². The molecule has 0 atom stereocenters. The first kappa shape index (κ1) is 11.2. The number of hydrogen-bond acceptors (Lipinski definition) is 3. The van der Waals surface area contributed by atoms with E-state index in [1.165, 1.54) is 14.1 Å². The van der Waals surface area contributed by atoms with E-state index in [1.54, 1.807) is 11.6 Å². The third-order valence-corrected chi connectivity index (χ3v) is 2.44. The van der Waals surface area contributed by atoms with Crippen LogP contribution in [0.4, 0.5) is 4.79 Å². The van der Waals surface area contributed by atoms with Gasteiger partial charge in [0.25, 0.3) is 0 Å².